The predicted octanol–water partition coefficient (Wildman–Crippen LogP) is 0.890. The maximum absolute atomic E-state index is 11.5. The number of carbonyl (C=O) groups excluding carboxylic acids is 2. The number of hydrogen-bond donors (Lipinski definition) is 0. The second-order valence-corrected chi connectivity index (χ2v) is 4.11. The molecule has 1 aliphatic rings. The van der Waals surface area contributed by atoms with E-state index in [2.05, 4.69) is 5.92 Å². The van der Waals surface area contributed by atoms with Gasteiger partial charge in [0.05, 0.1) is 17.5 Å². The summed E-state index contributed by atoms with van der Waals surface area (Å²) < 4.78 is 0. The normalized spacial score (nSPS) is 19.3. The van der Waals surface area contributed by atoms with Crippen molar-refractivity contribution < 1.29 is 9.59 Å². The van der Waals surface area contributed by atoms with Gasteiger partial charge in [-0.1, -0.05) is 6.92 Å². The van der Waals surface area contributed by atoms with Crippen LogP contribution in [0.3, 0.4) is 0 Å². The lowest BCUT2D eigenvalue weighted by atomic mass is 10.1. The molecule has 1 rings (SSSR count). The summed E-state index contributed by atoms with van der Waals surface area (Å²) >= 11 is 1.37. The SMILES string of the molecule is C#CCC(CC)N1C(=O)CSCC1=O. The van der Waals surface area contributed by atoms with Crippen molar-refractivity contribution in [1.29, 1.82) is 0 Å². The first-order valence-corrected chi connectivity index (χ1v) is 5.72. The number of amides is 2. The van der Waals surface area contributed by atoms with E-state index >= 15 is 0 Å². The van der Waals surface area contributed by atoms with Crippen molar-refractivity contribution in [3.05, 3.63) is 0 Å². The van der Waals surface area contributed by atoms with Crippen molar-refractivity contribution in [3.8, 4) is 12.3 Å². The van der Waals surface area contributed by atoms with Gasteiger partial charge >= 0.3 is 0 Å². The molecule has 0 saturated carbocycles. The summed E-state index contributed by atoms with van der Waals surface area (Å²) in [5.74, 6) is 3.09. The van der Waals surface area contributed by atoms with Gasteiger partial charge in [-0.3, -0.25) is 14.5 Å². The summed E-state index contributed by atoms with van der Waals surface area (Å²) in [6, 6.07) is -0.110. The number of carbonyl (C=O) groups is 2. The second-order valence-electron chi connectivity index (χ2n) is 3.12. The van der Waals surface area contributed by atoms with Crippen LogP contribution in [-0.4, -0.2) is 34.3 Å². The largest absolute Gasteiger partial charge is 0.277 e. The summed E-state index contributed by atoms with van der Waals surface area (Å²) in [7, 11) is 0. The van der Waals surface area contributed by atoms with Crippen LogP contribution in [-0.2, 0) is 9.59 Å². The average molecular weight is 211 g/mol. The summed E-state index contributed by atoms with van der Waals surface area (Å²) in [5.41, 5.74) is 0. The van der Waals surface area contributed by atoms with Gasteiger partial charge in [0.15, 0.2) is 0 Å². The Bertz CT molecular complexity index is 266. The van der Waals surface area contributed by atoms with Crippen molar-refractivity contribution in [2.75, 3.05) is 11.5 Å². The van der Waals surface area contributed by atoms with Crippen molar-refractivity contribution in [3.63, 3.8) is 0 Å². The Kier molecular flexibility index (Phi) is 4.02. The minimum Gasteiger partial charge on any atom is -0.277 e. The van der Waals surface area contributed by atoms with Crippen LogP contribution < -0.4 is 0 Å². The van der Waals surface area contributed by atoms with Crippen molar-refractivity contribution >= 4 is 23.6 Å². The van der Waals surface area contributed by atoms with Gasteiger partial charge in [-0.2, -0.15) is 0 Å². The molecule has 0 N–H and O–H groups in total. The molecule has 3 nitrogen and oxygen atoms in total. The molecule has 1 fully saturated rings. The number of thioether (sulfide) groups is 1. The molecule has 1 saturated heterocycles. The van der Waals surface area contributed by atoms with Crippen LogP contribution in [0.5, 0.6) is 0 Å². The van der Waals surface area contributed by atoms with E-state index in [-0.39, 0.29) is 17.9 Å². The molecule has 2 amide bonds. The highest BCUT2D eigenvalue weighted by molar-refractivity contribution is 8.00. The maximum Gasteiger partial charge on any atom is 0.239 e. The molecule has 1 aliphatic heterocycles. The number of nitrogens with zero attached hydrogens (tertiary/aromatic N) is 1. The monoisotopic (exact) mass is 211 g/mol. The van der Waals surface area contributed by atoms with Crippen LogP contribution in [0.25, 0.3) is 0 Å². The number of rotatable bonds is 3. The molecule has 0 aliphatic carbocycles. The van der Waals surface area contributed by atoms with Crippen LogP contribution in [0, 0.1) is 12.3 Å². The average Bonchev–Trinajstić information content (AvgIpc) is 2.16. The van der Waals surface area contributed by atoms with Gasteiger partial charge in [-0.05, 0) is 6.42 Å². The molecular weight excluding hydrogens is 198 g/mol. The van der Waals surface area contributed by atoms with E-state index in [1.807, 2.05) is 6.92 Å². The summed E-state index contributed by atoms with van der Waals surface area (Å²) in [4.78, 5) is 24.3. The molecule has 0 aromatic heterocycles. The van der Waals surface area contributed by atoms with Crippen LogP contribution in [0.2, 0.25) is 0 Å². The van der Waals surface area contributed by atoms with Crippen molar-refractivity contribution in [2.24, 2.45) is 0 Å². The number of hydrogen-bond acceptors (Lipinski definition) is 3. The van der Waals surface area contributed by atoms with E-state index in [4.69, 9.17) is 6.42 Å². The van der Waals surface area contributed by atoms with E-state index in [1.54, 1.807) is 0 Å². The Morgan fingerprint density at radius 3 is 2.50 bits per heavy atom. The first-order chi connectivity index (χ1) is 6.70. The van der Waals surface area contributed by atoms with Gasteiger partial charge in [0.25, 0.3) is 0 Å². The Hall–Kier alpha value is -0.950. The van der Waals surface area contributed by atoms with Gasteiger partial charge in [0.2, 0.25) is 11.8 Å². The van der Waals surface area contributed by atoms with Crippen LogP contribution in [0.15, 0.2) is 0 Å². The van der Waals surface area contributed by atoms with Gasteiger partial charge in [-0.25, -0.2) is 0 Å². The molecule has 1 unspecified atom stereocenters. The maximum atomic E-state index is 11.5. The fourth-order valence-electron chi connectivity index (χ4n) is 1.47. The highest BCUT2D eigenvalue weighted by Gasteiger charge is 2.31. The number of imide groups is 1. The fraction of sp³-hybridized carbons (Fsp3) is 0.600. The molecule has 1 atom stereocenters. The molecule has 0 bridgehead atoms. The zero-order valence-electron chi connectivity index (χ0n) is 8.16. The topological polar surface area (TPSA) is 37.4 Å². The Morgan fingerprint density at radius 1 is 1.50 bits per heavy atom. The van der Waals surface area contributed by atoms with Gasteiger partial charge in [0, 0.05) is 6.42 Å². The third-order valence-corrected chi connectivity index (χ3v) is 3.08. The molecule has 76 valence electrons. The third kappa shape index (κ3) is 2.30. The smallest absolute Gasteiger partial charge is 0.239 e. The minimum atomic E-state index is -0.110. The Balaban J connectivity index is 2.75. The van der Waals surface area contributed by atoms with Gasteiger partial charge < -0.3 is 0 Å². The van der Waals surface area contributed by atoms with Crippen molar-refractivity contribution in [1.82, 2.24) is 4.90 Å². The Morgan fingerprint density at radius 2 is 2.07 bits per heavy atom. The van der Waals surface area contributed by atoms with E-state index in [0.717, 1.165) is 6.42 Å². The first-order valence-electron chi connectivity index (χ1n) is 4.56. The predicted molar refractivity (Wildman–Crippen MR) is 56.7 cm³/mol. The lowest BCUT2D eigenvalue weighted by Crippen LogP contribution is -2.48. The molecule has 14 heavy (non-hydrogen) atoms. The first kappa shape index (κ1) is 11.1. The minimum absolute atomic E-state index is 0.103. The van der Waals surface area contributed by atoms with Crippen LogP contribution >= 0.6 is 11.8 Å². The van der Waals surface area contributed by atoms with Crippen LogP contribution in [0.4, 0.5) is 0 Å². The van der Waals surface area contributed by atoms with Gasteiger partial charge in [-0.15, -0.1) is 24.1 Å². The van der Waals surface area contributed by atoms with E-state index in [1.165, 1.54) is 16.7 Å². The summed E-state index contributed by atoms with van der Waals surface area (Å²) in [6.07, 6.45) is 6.38. The fourth-order valence-corrected chi connectivity index (χ4v) is 2.19. The second kappa shape index (κ2) is 5.06. The highest BCUT2D eigenvalue weighted by atomic mass is 32.2. The third-order valence-electron chi connectivity index (χ3n) is 2.18. The van der Waals surface area contributed by atoms with E-state index in [0.29, 0.717) is 17.9 Å². The zero-order chi connectivity index (χ0) is 10.6. The summed E-state index contributed by atoms with van der Waals surface area (Å²) in [5, 5.41) is 0. The van der Waals surface area contributed by atoms with E-state index < -0.39 is 0 Å². The molecule has 0 aromatic carbocycles. The molecule has 0 spiro atoms. The van der Waals surface area contributed by atoms with Gasteiger partial charge in [0.1, 0.15) is 0 Å². The summed E-state index contributed by atoms with van der Waals surface area (Å²) in [6.45, 7) is 1.93. The molecule has 4 heteroatoms. The van der Waals surface area contributed by atoms with Crippen LogP contribution in [0.1, 0.15) is 19.8 Å². The zero-order valence-corrected chi connectivity index (χ0v) is 8.97. The highest BCUT2D eigenvalue weighted by Crippen LogP contribution is 2.18. The molecule has 1 heterocycles. The quantitative estimate of drug-likeness (QED) is 0.514. The molecule has 0 radical (unpaired) electrons. The molecular formula is C10H13NO2S. The van der Waals surface area contributed by atoms with Crippen molar-refractivity contribution in [2.45, 2.75) is 25.8 Å². The van der Waals surface area contributed by atoms with E-state index in [9.17, 15) is 9.59 Å². The Labute approximate surface area is 88.2 Å². The standard InChI is InChI=1S/C10H13NO2S/c1-3-5-8(4-2)11-9(12)6-14-7-10(11)13/h1,8H,4-7H2,2H3. The number of terminal acetylenes is 1. The lowest BCUT2D eigenvalue weighted by Gasteiger charge is -2.30. The lowest BCUT2D eigenvalue weighted by molar-refractivity contribution is -0.144. The molecule has 0 aromatic rings.